The summed E-state index contributed by atoms with van der Waals surface area (Å²) in [6, 6.07) is -1.93. The number of carbonyl (C=O) groups is 3. The van der Waals surface area contributed by atoms with Crippen molar-refractivity contribution < 1.29 is 29.3 Å². The zero-order chi connectivity index (χ0) is 15.2. The lowest BCUT2D eigenvalue weighted by molar-refractivity contribution is -0.156. The lowest BCUT2D eigenvalue weighted by atomic mass is 10.2. The predicted octanol–water partition coefficient (Wildman–Crippen LogP) is 1.56. The molecule has 0 fully saturated rings. The number of nitrogens with zero attached hydrogens (tertiary/aromatic N) is 1. The number of hydrogen-bond donors (Lipinski definition) is 2. The van der Waals surface area contributed by atoms with E-state index in [1.807, 2.05) is 6.92 Å². The minimum absolute atomic E-state index is 0.0225. The third kappa shape index (κ3) is 6.08. The summed E-state index contributed by atoms with van der Waals surface area (Å²) in [5.41, 5.74) is -0.816. The molecule has 0 radical (unpaired) electrons. The van der Waals surface area contributed by atoms with Gasteiger partial charge in [-0.3, -0.25) is 4.90 Å². The minimum atomic E-state index is -1.93. The first-order chi connectivity index (χ1) is 8.60. The van der Waals surface area contributed by atoms with Crippen LogP contribution >= 0.6 is 0 Å². The number of carboxylic acid groups (broad SMARTS) is 2. The Kier molecular flexibility index (Phi) is 6.31. The number of unbranched alkanes of at least 4 members (excludes halogenated alkanes) is 1. The first-order valence-electron chi connectivity index (χ1n) is 6.05. The van der Waals surface area contributed by atoms with Gasteiger partial charge in [0.25, 0.3) is 0 Å². The maximum Gasteiger partial charge on any atom is 0.411 e. The second kappa shape index (κ2) is 6.96. The van der Waals surface area contributed by atoms with E-state index in [0.29, 0.717) is 12.8 Å². The van der Waals surface area contributed by atoms with E-state index in [9.17, 15) is 14.4 Å². The molecular formula is C12H21NO6. The molecule has 0 bridgehead atoms. The fourth-order valence-electron chi connectivity index (χ4n) is 1.35. The van der Waals surface area contributed by atoms with Crippen molar-refractivity contribution in [3.63, 3.8) is 0 Å². The van der Waals surface area contributed by atoms with Crippen LogP contribution in [0.25, 0.3) is 0 Å². The third-order valence-electron chi connectivity index (χ3n) is 2.16. The van der Waals surface area contributed by atoms with Crippen LogP contribution in [0.3, 0.4) is 0 Å². The first kappa shape index (κ1) is 17.2. The van der Waals surface area contributed by atoms with Crippen molar-refractivity contribution >= 4 is 18.0 Å². The second-order valence-electron chi connectivity index (χ2n) is 5.11. The van der Waals surface area contributed by atoms with Crippen LogP contribution in [0.15, 0.2) is 0 Å². The zero-order valence-electron chi connectivity index (χ0n) is 11.7. The van der Waals surface area contributed by atoms with E-state index in [1.54, 1.807) is 20.8 Å². The van der Waals surface area contributed by atoms with Crippen molar-refractivity contribution in [3.05, 3.63) is 0 Å². The lowest BCUT2D eigenvalue weighted by Crippen LogP contribution is -2.51. The van der Waals surface area contributed by atoms with Gasteiger partial charge in [0.15, 0.2) is 0 Å². The molecule has 110 valence electrons. The topological polar surface area (TPSA) is 104 Å². The van der Waals surface area contributed by atoms with Gasteiger partial charge in [-0.2, -0.15) is 0 Å². The lowest BCUT2D eigenvalue weighted by Gasteiger charge is -2.29. The molecule has 0 aromatic rings. The van der Waals surface area contributed by atoms with E-state index in [-0.39, 0.29) is 6.54 Å². The van der Waals surface area contributed by atoms with Crippen LogP contribution in [0.1, 0.15) is 40.5 Å². The number of carbonyl (C=O) groups excluding carboxylic acids is 1. The summed E-state index contributed by atoms with van der Waals surface area (Å²) >= 11 is 0. The Hall–Kier alpha value is -1.79. The molecule has 0 spiro atoms. The van der Waals surface area contributed by atoms with Crippen molar-refractivity contribution in [1.82, 2.24) is 4.90 Å². The summed E-state index contributed by atoms with van der Waals surface area (Å²) in [6.45, 7) is 6.75. The standard InChI is InChI=1S/C12H21NO6/c1-5-6-7-13(8(9(14)15)10(16)17)11(18)19-12(2,3)4/h8H,5-7H2,1-4H3,(H,14,15)(H,16,17). The number of aliphatic carboxylic acids is 2. The maximum atomic E-state index is 11.9. The van der Waals surface area contributed by atoms with Gasteiger partial charge in [-0.05, 0) is 27.2 Å². The Morgan fingerprint density at radius 3 is 1.95 bits per heavy atom. The molecule has 1 amide bonds. The fourth-order valence-corrected chi connectivity index (χ4v) is 1.35. The quantitative estimate of drug-likeness (QED) is 0.713. The highest BCUT2D eigenvalue weighted by molar-refractivity contribution is 6.00. The van der Waals surface area contributed by atoms with Crippen molar-refractivity contribution in [2.75, 3.05) is 6.54 Å². The van der Waals surface area contributed by atoms with Gasteiger partial charge in [-0.1, -0.05) is 13.3 Å². The van der Waals surface area contributed by atoms with E-state index < -0.39 is 29.7 Å². The van der Waals surface area contributed by atoms with Crippen molar-refractivity contribution in [3.8, 4) is 0 Å². The van der Waals surface area contributed by atoms with E-state index in [0.717, 1.165) is 4.90 Å². The summed E-state index contributed by atoms with van der Waals surface area (Å²) in [6.07, 6.45) is 0.262. The van der Waals surface area contributed by atoms with Gasteiger partial charge in [0, 0.05) is 6.54 Å². The smallest absolute Gasteiger partial charge is 0.411 e. The van der Waals surface area contributed by atoms with Gasteiger partial charge in [0.2, 0.25) is 6.04 Å². The fraction of sp³-hybridized carbons (Fsp3) is 0.750. The molecule has 0 aromatic carbocycles. The molecular weight excluding hydrogens is 254 g/mol. The Morgan fingerprint density at radius 1 is 1.16 bits per heavy atom. The van der Waals surface area contributed by atoms with Crippen molar-refractivity contribution in [2.45, 2.75) is 52.2 Å². The molecule has 0 aliphatic carbocycles. The summed E-state index contributed by atoms with van der Waals surface area (Å²) in [5, 5.41) is 17.9. The van der Waals surface area contributed by atoms with Gasteiger partial charge >= 0.3 is 18.0 Å². The van der Waals surface area contributed by atoms with Crippen LogP contribution in [0.4, 0.5) is 4.79 Å². The van der Waals surface area contributed by atoms with Crippen LogP contribution in [0, 0.1) is 0 Å². The molecule has 0 saturated carbocycles. The molecule has 0 rings (SSSR count). The number of carboxylic acids is 2. The Balaban J connectivity index is 5.12. The van der Waals surface area contributed by atoms with Crippen LogP contribution in [0.2, 0.25) is 0 Å². The average Bonchev–Trinajstić information content (AvgIpc) is 2.19. The predicted molar refractivity (Wildman–Crippen MR) is 66.9 cm³/mol. The molecule has 2 N–H and O–H groups in total. The van der Waals surface area contributed by atoms with Crippen LogP contribution in [0.5, 0.6) is 0 Å². The van der Waals surface area contributed by atoms with Crippen molar-refractivity contribution in [2.24, 2.45) is 0 Å². The van der Waals surface area contributed by atoms with Gasteiger partial charge < -0.3 is 14.9 Å². The third-order valence-corrected chi connectivity index (χ3v) is 2.16. The summed E-state index contributed by atoms with van der Waals surface area (Å²) < 4.78 is 5.04. The van der Waals surface area contributed by atoms with Crippen LogP contribution in [-0.2, 0) is 14.3 Å². The van der Waals surface area contributed by atoms with Gasteiger partial charge in [-0.15, -0.1) is 0 Å². The molecule has 7 heteroatoms. The summed E-state index contributed by atoms with van der Waals surface area (Å²) in [5.74, 6) is -3.18. The molecule has 19 heavy (non-hydrogen) atoms. The monoisotopic (exact) mass is 275 g/mol. The van der Waals surface area contributed by atoms with Gasteiger partial charge in [-0.25, -0.2) is 14.4 Å². The SMILES string of the molecule is CCCCN(C(=O)OC(C)(C)C)C(C(=O)O)C(=O)O. The van der Waals surface area contributed by atoms with E-state index >= 15 is 0 Å². The maximum absolute atomic E-state index is 11.9. The van der Waals surface area contributed by atoms with Gasteiger partial charge in [0.05, 0.1) is 0 Å². The molecule has 0 aromatic heterocycles. The summed E-state index contributed by atoms with van der Waals surface area (Å²) in [7, 11) is 0. The Morgan fingerprint density at radius 2 is 1.63 bits per heavy atom. The number of rotatable bonds is 6. The normalized spacial score (nSPS) is 11.2. The van der Waals surface area contributed by atoms with E-state index in [4.69, 9.17) is 14.9 Å². The highest BCUT2D eigenvalue weighted by Gasteiger charge is 2.37. The number of hydrogen-bond acceptors (Lipinski definition) is 4. The van der Waals surface area contributed by atoms with Crippen molar-refractivity contribution in [1.29, 1.82) is 0 Å². The molecule has 7 nitrogen and oxygen atoms in total. The largest absolute Gasteiger partial charge is 0.479 e. The molecule has 0 heterocycles. The minimum Gasteiger partial charge on any atom is -0.479 e. The molecule has 0 saturated heterocycles. The zero-order valence-corrected chi connectivity index (χ0v) is 11.7. The van der Waals surface area contributed by atoms with Gasteiger partial charge in [0.1, 0.15) is 5.60 Å². The van der Waals surface area contributed by atoms with Crippen LogP contribution < -0.4 is 0 Å². The average molecular weight is 275 g/mol. The van der Waals surface area contributed by atoms with E-state index in [1.165, 1.54) is 0 Å². The second-order valence-corrected chi connectivity index (χ2v) is 5.11. The number of ether oxygens (including phenoxy) is 1. The molecule has 0 aliphatic rings. The van der Waals surface area contributed by atoms with E-state index in [2.05, 4.69) is 0 Å². The number of amides is 1. The first-order valence-corrected chi connectivity index (χ1v) is 6.05. The Labute approximate surface area is 112 Å². The molecule has 0 aliphatic heterocycles. The van der Waals surface area contributed by atoms with Crippen LogP contribution in [-0.4, -0.2) is 51.3 Å². The highest BCUT2D eigenvalue weighted by atomic mass is 16.6. The summed E-state index contributed by atoms with van der Waals surface area (Å²) in [4.78, 5) is 34.6. The highest BCUT2D eigenvalue weighted by Crippen LogP contribution is 2.13. The molecule has 0 unspecified atom stereocenters. The molecule has 0 atom stereocenters. The Bertz CT molecular complexity index is 333.